The van der Waals surface area contributed by atoms with Crippen molar-refractivity contribution in [1.29, 1.82) is 0 Å². The van der Waals surface area contributed by atoms with Crippen molar-refractivity contribution in [2.45, 2.75) is 45.1 Å². The third-order valence-electron chi connectivity index (χ3n) is 8.44. The number of benzene rings is 3. The second-order valence-corrected chi connectivity index (χ2v) is 11.7. The van der Waals surface area contributed by atoms with Crippen LogP contribution in [0.4, 0.5) is 24.7 Å². The predicted octanol–water partition coefficient (Wildman–Crippen LogP) is 6.90. The summed E-state index contributed by atoms with van der Waals surface area (Å²) < 4.78 is 41.4. The molecule has 2 aliphatic heterocycles. The van der Waals surface area contributed by atoms with Gasteiger partial charge in [0.2, 0.25) is 0 Å². The number of rotatable bonds is 7. The van der Waals surface area contributed by atoms with E-state index in [9.17, 15) is 18.0 Å². The lowest BCUT2D eigenvalue weighted by molar-refractivity contribution is -0.138. The summed E-state index contributed by atoms with van der Waals surface area (Å²) in [7, 11) is 0. The first-order valence-corrected chi connectivity index (χ1v) is 15.1. The fourth-order valence-corrected chi connectivity index (χ4v) is 6.10. The van der Waals surface area contributed by atoms with Crippen molar-refractivity contribution in [2.24, 2.45) is 0 Å². The van der Waals surface area contributed by atoms with E-state index in [2.05, 4.69) is 44.8 Å². The predicted molar refractivity (Wildman–Crippen MR) is 168 cm³/mol. The summed E-state index contributed by atoms with van der Waals surface area (Å²) in [6.45, 7) is 5.80. The number of piperidine rings is 1. The molecule has 4 aromatic rings. The normalized spacial score (nSPS) is 15.9. The van der Waals surface area contributed by atoms with Gasteiger partial charge in [-0.15, -0.1) is 0 Å². The molecule has 2 aliphatic rings. The fourth-order valence-electron chi connectivity index (χ4n) is 6.10. The molecule has 0 unspecified atom stereocenters. The van der Waals surface area contributed by atoms with Gasteiger partial charge in [-0.2, -0.15) is 13.2 Å². The number of amides is 1. The number of hydrogen-bond acceptors (Lipinski definition) is 5. The van der Waals surface area contributed by atoms with E-state index in [4.69, 9.17) is 0 Å². The van der Waals surface area contributed by atoms with E-state index < -0.39 is 11.7 Å². The number of fused-ring (bicyclic) bond motifs is 1. The summed E-state index contributed by atoms with van der Waals surface area (Å²) in [5.74, 6) is 0.524. The maximum atomic E-state index is 13.8. The zero-order valence-corrected chi connectivity index (χ0v) is 24.7. The lowest BCUT2D eigenvalue weighted by atomic mass is 10.0. The van der Waals surface area contributed by atoms with Crippen LogP contribution in [0, 0.1) is 6.92 Å². The number of anilines is 2. The summed E-state index contributed by atoms with van der Waals surface area (Å²) in [6.07, 6.45) is -0.900. The lowest BCUT2D eigenvalue weighted by Crippen LogP contribution is -2.44. The molecule has 0 spiro atoms. The molecule has 1 fully saturated rings. The molecule has 6 nitrogen and oxygen atoms in total. The van der Waals surface area contributed by atoms with Gasteiger partial charge in [0.1, 0.15) is 5.82 Å². The molecular formula is C35H36F3N5O. The number of carbonyl (C=O) groups is 1. The molecule has 44 heavy (non-hydrogen) atoms. The highest BCUT2D eigenvalue weighted by molar-refractivity contribution is 5.95. The first-order valence-electron chi connectivity index (χ1n) is 15.1. The quantitative estimate of drug-likeness (QED) is 0.242. The maximum absolute atomic E-state index is 13.8. The minimum absolute atomic E-state index is 0.110. The molecule has 1 saturated heterocycles. The number of pyridine rings is 1. The van der Waals surface area contributed by atoms with Gasteiger partial charge in [-0.25, -0.2) is 4.98 Å². The van der Waals surface area contributed by atoms with Crippen molar-refractivity contribution < 1.29 is 18.0 Å². The van der Waals surface area contributed by atoms with Gasteiger partial charge in [0.05, 0.1) is 11.3 Å². The van der Waals surface area contributed by atoms with Crippen LogP contribution in [0.3, 0.4) is 0 Å². The number of aryl methyl sites for hydroxylation is 1. The highest BCUT2D eigenvalue weighted by Gasteiger charge is 2.34. The summed E-state index contributed by atoms with van der Waals surface area (Å²) in [5.41, 5.74) is 4.61. The standard InChI is InChI=1S/C35H36F3N5O/c1-24-10-11-31(35(36,37)38)29(18-24)23-43-17-14-39-33-32(43)20-28(21-40-33)26-8-5-9-27(19-26)34(44)41-30-12-15-42(16-13-30)22-25-6-3-2-4-7-25/h2-11,18-21,30H,12-17,22-23H2,1H3,(H,39,40)(H,41,44). The molecule has 0 saturated carbocycles. The largest absolute Gasteiger partial charge is 0.416 e. The highest BCUT2D eigenvalue weighted by Crippen LogP contribution is 2.37. The van der Waals surface area contributed by atoms with Crippen LogP contribution in [-0.4, -0.2) is 48.0 Å². The molecular weight excluding hydrogens is 563 g/mol. The third kappa shape index (κ3) is 6.89. The molecule has 0 atom stereocenters. The Morgan fingerprint density at radius 2 is 1.73 bits per heavy atom. The third-order valence-corrected chi connectivity index (χ3v) is 8.44. The average molecular weight is 600 g/mol. The number of carbonyl (C=O) groups excluding carboxylic acids is 1. The number of alkyl halides is 3. The monoisotopic (exact) mass is 599 g/mol. The van der Waals surface area contributed by atoms with Crippen molar-refractivity contribution in [1.82, 2.24) is 15.2 Å². The Morgan fingerprint density at radius 1 is 0.932 bits per heavy atom. The van der Waals surface area contributed by atoms with Gasteiger partial charge in [0, 0.05) is 62.6 Å². The molecule has 3 heterocycles. The highest BCUT2D eigenvalue weighted by atomic mass is 19.4. The van der Waals surface area contributed by atoms with E-state index >= 15 is 0 Å². The van der Waals surface area contributed by atoms with Crippen molar-refractivity contribution >= 4 is 17.4 Å². The van der Waals surface area contributed by atoms with Crippen LogP contribution in [0.15, 0.2) is 85.1 Å². The van der Waals surface area contributed by atoms with E-state index in [1.54, 1.807) is 25.3 Å². The van der Waals surface area contributed by atoms with Crippen molar-refractivity contribution in [3.05, 3.63) is 113 Å². The second kappa shape index (κ2) is 12.7. The Labute approximate surface area is 255 Å². The number of nitrogens with zero attached hydrogens (tertiary/aromatic N) is 3. The topological polar surface area (TPSA) is 60.5 Å². The molecule has 228 valence electrons. The van der Waals surface area contributed by atoms with Crippen molar-refractivity contribution in [3.63, 3.8) is 0 Å². The molecule has 2 N–H and O–H groups in total. The van der Waals surface area contributed by atoms with Gasteiger partial charge in [-0.1, -0.05) is 60.2 Å². The van der Waals surface area contributed by atoms with E-state index in [0.29, 0.717) is 24.5 Å². The van der Waals surface area contributed by atoms with E-state index in [1.165, 1.54) is 11.6 Å². The Hall–Kier alpha value is -4.37. The van der Waals surface area contributed by atoms with Gasteiger partial charge in [0.15, 0.2) is 0 Å². The van der Waals surface area contributed by atoms with E-state index in [1.807, 2.05) is 35.2 Å². The maximum Gasteiger partial charge on any atom is 0.416 e. The SMILES string of the molecule is Cc1ccc(C(F)(F)F)c(CN2CCNc3ncc(-c4cccc(C(=O)NC5CCN(Cc6ccccc6)CC5)c4)cc32)c1. The number of likely N-dealkylation sites (tertiary alicyclic amines) is 1. The molecule has 3 aromatic carbocycles. The molecule has 0 radical (unpaired) electrons. The van der Waals surface area contributed by atoms with Crippen LogP contribution in [0.25, 0.3) is 11.1 Å². The smallest absolute Gasteiger partial charge is 0.367 e. The van der Waals surface area contributed by atoms with Crippen LogP contribution in [-0.2, 0) is 19.3 Å². The van der Waals surface area contributed by atoms with Crippen molar-refractivity contribution in [3.8, 4) is 11.1 Å². The number of hydrogen-bond donors (Lipinski definition) is 2. The molecule has 0 aliphatic carbocycles. The summed E-state index contributed by atoms with van der Waals surface area (Å²) in [5, 5.41) is 6.48. The number of halogens is 3. The van der Waals surface area contributed by atoms with E-state index in [-0.39, 0.29) is 24.1 Å². The van der Waals surface area contributed by atoms with Crippen LogP contribution in [0.1, 0.15) is 45.5 Å². The molecule has 1 aromatic heterocycles. The van der Waals surface area contributed by atoms with Crippen LogP contribution in [0.5, 0.6) is 0 Å². The average Bonchev–Trinajstić information content (AvgIpc) is 3.02. The van der Waals surface area contributed by atoms with Gasteiger partial charge in [-0.05, 0) is 60.7 Å². The lowest BCUT2D eigenvalue weighted by Gasteiger charge is -2.32. The van der Waals surface area contributed by atoms with Crippen molar-refractivity contribution in [2.75, 3.05) is 36.4 Å². The Kier molecular flexibility index (Phi) is 8.57. The van der Waals surface area contributed by atoms with E-state index in [0.717, 1.165) is 60.9 Å². The first kappa shape index (κ1) is 29.7. The molecule has 0 bridgehead atoms. The summed E-state index contributed by atoms with van der Waals surface area (Å²) in [6, 6.07) is 24.2. The van der Waals surface area contributed by atoms with Gasteiger partial charge < -0.3 is 15.5 Å². The minimum Gasteiger partial charge on any atom is -0.367 e. The minimum atomic E-state index is -4.43. The Morgan fingerprint density at radius 3 is 2.50 bits per heavy atom. The second-order valence-electron chi connectivity index (χ2n) is 11.7. The Balaban J connectivity index is 1.15. The molecule has 9 heteroatoms. The number of aromatic nitrogens is 1. The van der Waals surface area contributed by atoms with Gasteiger partial charge in [0.25, 0.3) is 5.91 Å². The fraction of sp³-hybridized carbons (Fsp3) is 0.314. The summed E-state index contributed by atoms with van der Waals surface area (Å²) >= 11 is 0. The number of nitrogens with one attached hydrogen (secondary N) is 2. The van der Waals surface area contributed by atoms with Gasteiger partial charge in [-0.3, -0.25) is 9.69 Å². The van der Waals surface area contributed by atoms with Crippen LogP contribution < -0.4 is 15.5 Å². The summed E-state index contributed by atoms with van der Waals surface area (Å²) in [4.78, 5) is 22.2. The zero-order chi connectivity index (χ0) is 30.7. The van der Waals surface area contributed by atoms with Crippen LogP contribution >= 0.6 is 0 Å². The van der Waals surface area contributed by atoms with Gasteiger partial charge >= 0.3 is 6.18 Å². The molecule has 6 rings (SSSR count). The zero-order valence-electron chi connectivity index (χ0n) is 24.7. The molecule has 1 amide bonds. The Bertz CT molecular complexity index is 1620. The van der Waals surface area contributed by atoms with Crippen LogP contribution in [0.2, 0.25) is 0 Å². The first-order chi connectivity index (χ1) is 21.2.